The Balaban J connectivity index is 1.86. The van der Waals surface area contributed by atoms with Gasteiger partial charge >= 0.3 is 0 Å². The molecule has 1 nitrogen and oxygen atoms in total. The predicted octanol–water partition coefficient (Wildman–Crippen LogP) is 4.30. The highest BCUT2D eigenvalue weighted by atomic mass is 79.9. The third kappa shape index (κ3) is 3.99. The number of alkyl halides is 1. The second-order valence-electron chi connectivity index (χ2n) is 3.93. The topological polar surface area (TPSA) is 9.23 Å². The molecule has 0 aromatic heterocycles. The van der Waals surface area contributed by atoms with Crippen molar-refractivity contribution in [2.75, 3.05) is 0 Å². The summed E-state index contributed by atoms with van der Waals surface area (Å²) in [6, 6.07) is 18.7. The minimum absolute atomic E-state index is 0.662. The van der Waals surface area contributed by atoms with Gasteiger partial charge in [-0.3, -0.25) is 0 Å². The molecule has 17 heavy (non-hydrogen) atoms. The fourth-order valence-corrected chi connectivity index (χ4v) is 2.01. The lowest BCUT2D eigenvalue weighted by atomic mass is 10.1. The Morgan fingerprint density at radius 1 is 0.765 bits per heavy atom. The highest BCUT2D eigenvalue weighted by Gasteiger charge is 1.96. The van der Waals surface area contributed by atoms with E-state index in [2.05, 4.69) is 52.3 Å². The maximum Gasteiger partial charge on any atom is 0.0721 e. The van der Waals surface area contributed by atoms with Crippen LogP contribution in [0.25, 0.3) is 0 Å². The highest BCUT2D eigenvalue weighted by Crippen LogP contribution is 2.11. The lowest BCUT2D eigenvalue weighted by molar-refractivity contribution is 0.107. The van der Waals surface area contributed by atoms with Crippen molar-refractivity contribution in [2.24, 2.45) is 0 Å². The molecule has 0 saturated heterocycles. The second-order valence-corrected chi connectivity index (χ2v) is 4.49. The van der Waals surface area contributed by atoms with Gasteiger partial charge in [0.25, 0.3) is 0 Å². The summed E-state index contributed by atoms with van der Waals surface area (Å²) in [5, 5.41) is 0.888. The highest BCUT2D eigenvalue weighted by molar-refractivity contribution is 9.08. The molecule has 2 rings (SSSR count). The van der Waals surface area contributed by atoms with Crippen molar-refractivity contribution in [3.63, 3.8) is 0 Å². The molecule has 0 unspecified atom stereocenters. The zero-order valence-electron chi connectivity index (χ0n) is 9.60. The standard InChI is InChI=1S/C15H15BrO/c16-10-14-7-4-8-15(9-14)12-17-11-13-5-2-1-3-6-13/h1-9H,10-12H2. The first-order valence-electron chi connectivity index (χ1n) is 5.64. The SMILES string of the molecule is BrCc1cccc(COCc2ccccc2)c1. The van der Waals surface area contributed by atoms with E-state index in [1.165, 1.54) is 16.7 Å². The Morgan fingerprint density at radius 2 is 1.41 bits per heavy atom. The van der Waals surface area contributed by atoms with Crippen molar-refractivity contribution in [3.05, 3.63) is 71.3 Å². The molecular weight excluding hydrogens is 276 g/mol. The van der Waals surface area contributed by atoms with Gasteiger partial charge in [-0.25, -0.2) is 0 Å². The first-order valence-corrected chi connectivity index (χ1v) is 6.76. The molecule has 0 N–H and O–H groups in total. The summed E-state index contributed by atoms with van der Waals surface area (Å²) in [4.78, 5) is 0. The molecule has 0 saturated carbocycles. The molecule has 2 aromatic carbocycles. The van der Waals surface area contributed by atoms with Crippen LogP contribution < -0.4 is 0 Å². The van der Waals surface area contributed by atoms with E-state index in [1.807, 2.05) is 18.2 Å². The molecule has 0 amide bonds. The van der Waals surface area contributed by atoms with Crippen molar-refractivity contribution < 1.29 is 4.74 Å². The van der Waals surface area contributed by atoms with Crippen molar-refractivity contribution in [2.45, 2.75) is 18.5 Å². The minimum atomic E-state index is 0.662. The first-order chi connectivity index (χ1) is 8.38. The van der Waals surface area contributed by atoms with Gasteiger partial charge < -0.3 is 4.74 Å². The molecular formula is C15H15BrO. The lowest BCUT2D eigenvalue weighted by Crippen LogP contribution is -1.94. The van der Waals surface area contributed by atoms with Gasteiger partial charge in [0, 0.05) is 5.33 Å². The van der Waals surface area contributed by atoms with Gasteiger partial charge in [-0.15, -0.1) is 0 Å². The minimum Gasteiger partial charge on any atom is -0.372 e. The number of hydrogen-bond acceptors (Lipinski definition) is 1. The summed E-state index contributed by atoms with van der Waals surface area (Å²) in [5.74, 6) is 0. The molecule has 2 aromatic rings. The Morgan fingerprint density at radius 3 is 2.18 bits per heavy atom. The van der Waals surface area contributed by atoms with E-state index in [1.54, 1.807) is 0 Å². The summed E-state index contributed by atoms with van der Waals surface area (Å²) >= 11 is 3.46. The molecule has 0 aliphatic rings. The third-order valence-corrected chi connectivity index (χ3v) is 3.17. The molecule has 88 valence electrons. The smallest absolute Gasteiger partial charge is 0.0721 e. The van der Waals surface area contributed by atoms with Crippen LogP contribution in [0.3, 0.4) is 0 Å². The molecule has 2 heteroatoms. The van der Waals surface area contributed by atoms with Crippen LogP contribution in [0.4, 0.5) is 0 Å². The van der Waals surface area contributed by atoms with Crippen LogP contribution >= 0.6 is 15.9 Å². The molecule has 0 aliphatic carbocycles. The maximum atomic E-state index is 5.69. The Labute approximate surface area is 111 Å². The summed E-state index contributed by atoms with van der Waals surface area (Å²) in [5.41, 5.74) is 3.72. The van der Waals surface area contributed by atoms with E-state index in [0.717, 1.165) is 5.33 Å². The number of halogens is 1. The predicted molar refractivity (Wildman–Crippen MR) is 74.0 cm³/mol. The third-order valence-electron chi connectivity index (χ3n) is 2.53. The summed E-state index contributed by atoms with van der Waals surface area (Å²) in [6.07, 6.45) is 0. The molecule has 0 heterocycles. The molecule has 0 spiro atoms. The molecule has 0 fully saturated rings. The van der Waals surface area contributed by atoms with Crippen molar-refractivity contribution in [1.82, 2.24) is 0 Å². The van der Waals surface area contributed by atoms with E-state index in [0.29, 0.717) is 13.2 Å². The normalized spacial score (nSPS) is 10.4. The van der Waals surface area contributed by atoms with Crippen molar-refractivity contribution in [1.29, 1.82) is 0 Å². The van der Waals surface area contributed by atoms with E-state index in [4.69, 9.17) is 4.74 Å². The molecule has 0 radical (unpaired) electrons. The molecule has 0 bridgehead atoms. The number of hydrogen-bond donors (Lipinski definition) is 0. The monoisotopic (exact) mass is 290 g/mol. The van der Waals surface area contributed by atoms with E-state index >= 15 is 0 Å². The Kier molecular flexibility index (Phi) is 4.77. The van der Waals surface area contributed by atoms with Gasteiger partial charge in [-0.1, -0.05) is 70.5 Å². The number of ether oxygens (including phenoxy) is 1. The van der Waals surface area contributed by atoms with Crippen LogP contribution in [0.2, 0.25) is 0 Å². The van der Waals surface area contributed by atoms with Gasteiger partial charge in [-0.05, 0) is 16.7 Å². The number of rotatable bonds is 5. The quantitative estimate of drug-likeness (QED) is 0.746. The van der Waals surface area contributed by atoms with Gasteiger partial charge in [-0.2, -0.15) is 0 Å². The van der Waals surface area contributed by atoms with E-state index < -0.39 is 0 Å². The van der Waals surface area contributed by atoms with Crippen molar-refractivity contribution >= 4 is 15.9 Å². The van der Waals surface area contributed by atoms with Gasteiger partial charge in [0.15, 0.2) is 0 Å². The largest absolute Gasteiger partial charge is 0.372 e. The summed E-state index contributed by atoms with van der Waals surface area (Å²) in [6.45, 7) is 1.33. The average molecular weight is 291 g/mol. The summed E-state index contributed by atoms with van der Waals surface area (Å²) < 4.78 is 5.69. The van der Waals surface area contributed by atoms with Crippen LogP contribution in [-0.2, 0) is 23.3 Å². The second kappa shape index (κ2) is 6.58. The zero-order valence-corrected chi connectivity index (χ0v) is 11.2. The fraction of sp³-hybridized carbons (Fsp3) is 0.200. The van der Waals surface area contributed by atoms with Crippen LogP contribution in [0.15, 0.2) is 54.6 Å². The number of benzene rings is 2. The van der Waals surface area contributed by atoms with Gasteiger partial charge in [0.1, 0.15) is 0 Å². The van der Waals surface area contributed by atoms with Crippen LogP contribution in [-0.4, -0.2) is 0 Å². The fourth-order valence-electron chi connectivity index (χ4n) is 1.66. The van der Waals surface area contributed by atoms with Crippen LogP contribution in [0, 0.1) is 0 Å². The Bertz CT molecular complexity index is 453. The van der Waals surface area contributed by atoms with E-state index in [9.17, 15) is 0 Å². The average Bonchev–Trinajstić information content (AvgIpc) is 2.40. The molecule has 0 atom stereocenters. The lowest BCUT2D eigenvalue weighted by Gasteiger charge is -2.05. The molecule has 0 aliphatic heterocycles. The van der Waals surface area contributed by atoms with Crippen LogP contribution in [0.5, 0.6) is 0 Å². The van der Waals surface area contributed by atoms with Crippen molar-refractivity contribution in [3.8, 4) is 0 Å². The van der Waals surface area contributed by atoms with Gasteiger partial charge in [0.2, 0.25) is 0 Å². The first kappa shape index (κ1) is 12.3. The van der Waals surface area contributed by atoms with Crippen LogP contribution in [0.1, 0.15) is 16.7 Å². The zero-order chi connectivity index (χ0) is 11.9. The summed E-state index contributed by atoms with van der Waals surface area (Å²) in [7, 11) is 0. The Hall–Kier alpha value is -1.12. The van der Waals surface area contributed by atoms with E-state index in [-0.39, 0.29) is 0 Å². The van der Waals surface area contributed by atoms with Gasteiger partial charge in [0.05, 0.1) is 13.2 Å². The maximum absolute atomic E-state index is 5.69.